The first kappa shape index (κ1) is 11.1. The van der Waals surface area contributed by atoms with Crippen molar-refractivity contribution in [1.82, 2.24) is 0 Å². The van der Waals surface area contributed by atoms with E-state index < -0.39 is 0 Å². The van der Waals surface area contributed by atoms with Crippen LogP contribution >= 0.6 is 0 Å². The maximum absolute atomic E-state index is 5.53. The molecule has 1 heteroatoms. The van der Waals surface area contributed by atoms with Gasteiger partial charge in [0.2, 0.25) is 0 Å². The average Bonchev–Trinajstić information content (AvgIpc) is 2.47. The smallest absolute Gasteiger partial charge is 0.122 e. The maximum Gasteiger partial charge on any atom is 0.122 e. The Kier molecular flexibility index (Phi) is 2.89. The van der Waals surface area contributed by atoms with Crippen LogP contribution in [0.15, 0.2) is 18.2 Å². The van der Waals surface area contributed by atoms with Gasteiger partial charge in [0.1, 0.15) is 5.75 Å². The molecule has 1 nitrogen and oxygen atoms in total. The van der Waals surface area contributed by atoms with Gasteiger partial charge in [0.25, 0.3) is 0 Å². The summed E-state index contributed by atoms with van der Waals surface area (Å²) in [6, 6.07) is 6.60. The van der Waals surface area contributed by atoms with Crippen LogP contribution in [0, 0.1) is 0 Å². The normalized spacial score (nSPS) is 14.2. The van der Waals surface area contributed by atoms with Crippen molar-refractivity contribution in [3.05, 3.63) is 29.3 Å². The largest absolute Gasteiger partial charge is 0.493 e. The molecule has 0 spiro atoms. The van der Waals surface area contributed by atoms with Crippen molar-refractivity contribution in [2.75, 3.05) is 6.61 Å². The molecule has 1 aromatic rings. The highest BCUT2D eigenvalue weighted by molar-refractivity contribution is 5.42. The van der Waals surface area contributed by atoms with Gasteiger partial charge in [-0.25, -0.2) is 0 Å². The first-order valence-electron chi connectivity index (χ1n) is 4.83. The van der Waals surface area contributed by atoms with Gasteiger partial charge in [0.05, 0.1) is 6.61 Å². The molecule has 1 aliphatic rings. The minimum Gasteiger partial charge on any atom is -0.493 e. The van der Waals surface area contributed by atoms with Crippen molar-refractivity contribution >= 4 is 0 Å². The Balaban J connectivity index is 0.000000980. The van der Waals surface area contributed by atoms with E-state index in [1.165, 1.54) is 11.1 Å². The van der Waals surface area contributed by atoms with Gasteiger partial charge in [0.15, 0.2) is 0 Å². The van der Waals surface area contributed by atoms with Crippen LogP contribution in [0.3, 0.4) is 0 Å². The third kappa shape index (κ3) is 1.92. The van der Waals surface area contributed by atoms with Gasteiger partial charge in [-0.1, -0.05) is 40.3 Å². The van der Waals surface area contributed by atoms with Crippen molar-refractivity contribution in [3.63, 3.8) is 0 Å². The first-order valence-corrected chi connectivity index (χ1v) is 4.83. The summed E-state index contributed by atoms with van der Waals surface area (Å²) in [5.74, 6) is 1.09. The monoisotopic (exact) mass is 192 g/mol. The predicted octanol–water partition coefficient (Wildman–Crippen LogP) is 3.56. The van der Waals surface area contributed by atoms with E-state index in [1.807, 2.05) is 0 Å². The topological polar surface area (TPSA) is 9.23 Å². The molecular weight excluding hydrogens is 172 g/mol. The van der Waals surface area contributed by atoms with E-state index in [4.69, 9.17) is 4.74 Å². The highest BCUT2D eigenvalue weighted by atomic mass is 16.5. The van der Waals surface area contributed by atoms with E-state index in [0.29, 0.717) is 0 Å². The van der Waals surface area contributed by atoms with Crippen LogP contribution in [0.2, 0.25) is 0 Å². The molecule has 0 fully saturated rings. The average molecular weight is 192 g/mol. The van der Waals surface area contributed by atoms with Gasteiger partial charge in [-0.2, -0.15) is 0 Å². The van der Waals surface area contributed by atoms with E-state index in [0.717, 1.165) is 18.8 Å². The van der Waals surface area contributed by atoms with Crippen molar-refractivity contribution < 1.29 is 4.74 Å². The molecule has 1 aliphatic heterocycles. The number of hydrogen-bond acceptors (Lipinski definition) is 1. The lowest BCUT2D eigenvalue weighted by molar-refractivity contribution is 0.356. The number of fused-ring (bicyclic) bond motifs is 1. The fourth-order valence-electron chi connectivity index (χ4n) is 1.63. The molecule has 0 unspecified atom stereocenters. The molecule has 14 heavy (non-hydrogen) atoms. The molecule has 0 aromatic heterocycles. The summed E-state index contributed by atoms with van der Waals surface area (Å²) in [6.45, 7) is 7.53. The molecule has 1 aromatic carbocycles. The molecule has 2 rings (SSSR count). The first-order chi connectivity index (χ1) is 6.07. The van der Waals surface area contributed by atoms with Crippen LogP contribution in [0.5, 0.6) is 5.75 Å². The quantitative estimate of drug-likeness (QED) is 0.610. The van der Waals surface area contributed by atoms with E-state index in [2.05, 4.69) is 39.0 Å². The standard InChI is InChI=1S/C12H16O.CH4/c1-12(2,3)10-5-4-9-6-7-13-11(9)8-10;/h4-5,8H,6-7H2,1-3H3;1H4. The summed E-state index contributed by atoms with van der Waals surface area (Å²) in [4.78, 5) is 0. The van der Waals surface area contributed by atoms with Gasteiger partial charge < -0.3 is 4.74 Å². The summed E-state index contributed by atoms with van der Waals surface area (Å²) in [5, 5.41) is 0. The molecule has 0 saturated carbocycles. The van der Waals surface area contributed by atoms with Crippen LogP contribution in [-0.2, 0) is 11.8 Å². The minimum atomic E-state index is 0. The van der Waals surface area contributed by atoms with Crippen molar-refractivity contribution in [2.24, 2.45) is 0 Å². The summed E-state index contributed by atoms with van der Waals surface area (Å²) < 4.78 is 5.53. The second-order valence-corrected chi connectivity index (χ2v) is 4.67. The number of hydrogen-bond donors (Lipinski definition) is 0. The molecule has 1 heterocycles. The fraction of sp³-hybridized carbons (Fsp3) is 0.538. The van der Waals surface area contributed by atoms with Crippen LogP contribution in [0.4, 0.5) is 0 Å². The van der Waals surface area contributed by atoms with E-state index in [1.54, 1.807) is 0 Å². The Labute approximate surface area is 87.1 Å². The van der Waals surface area contributed by atoms with Gasteiger partial charge in [-0.15, -0.1) is 0 Å². The molecule has 0 radical (unpaired) electrons. The highest BCUT2D eigenvalue weighted by Crippen LogP contribution is 2.31. The Morgan fingerprint density at radius 3 is 2.57 bits per heavy atom. The second-order valence-electron chi connectivity index (χ2n) is 4.67. The lowest BCUT2D eigenvalue weighted by atomic mass is 9.86. The Morgan fingerprint density at radius 2 is 1.93 bits per heavy atom. The number of ether oxygens (including phenoxy) is 1. The van der Waals surface area contributed by atoms with E-state index in [-0.39, 0.29) is 12.8 Å². The molecular formula is C13H20O. The Hall–Kier alpha value is -0.980. The minimum absolute atomic E-state index is 0. The highest BCUT2D eigenvalue weighted by Gasteiger charge is 2.18. The van der Waals surface area contributed by atoms with Gasteiger partial charge >= 0.3 is 0 Å². The molecule has 0 saturated heterocycles. The van der Waals surface area contributed by atoms with Crippen LogP contribution in [-0.4, -0.2) is 6.61 Å². The zero-order chi connectivity index (χ0) is 9.47. The van der Waals surface area contributed by atoms with Gasteiger partial charge in [-0.3, -0.25) is 0 Å². The zero-order valence-electron chi connectivity index (χ0n) is 8.55. The van der Waals surface area contributed by atoms with E-state index in [9.17, 15) is 0 Å². The van der Waals surface area contributed by atoms with Gasteiger partial charge in [-0.05, 0) is 22.6 Å². The predicted molar refractivity (Wildman–Crippen MR) is 61.1 cm³/mol. The van der Waals surface area contributed by atoms with Crippen LogP contribution in [0.25, 0.3) is 0 Å². The van der Waals surface area contributed by atoms with Crippen molar-refractivity contribution in [3.8, 4) is 5.75 Å². The van der Waals surface area contributed by atoms with Crippen LogP contribution < -0.4 is 4.74 Å². The lowest BCUT2D eigenvalue weighted by Gasteiger charge is -2.19. The molecule has 0 N–H and O–H groups in total. The van der Waals surface area contributed by atoms with Gasteiger partial charge in [0, 0.05) is 6.42 Å². The summed E-state index contributed by atoms with van der Waals surface area (Å²) >= 11 is 0. The zero-order valence-corrected chi connectivity index (χ0v) is 8.55. The molecule has 0 amide bonds. The molecule has 0 bridgehead atoms. The van der Waals surface area contributed by atoms with E-state index >= 15 is 0 Å². The van der Waals surface area contributed by atoms with Crippen molar-refractivity contribution in [1.29, 1.82) is 0 Å². The summed E-state index contributed by atoms with van der Waals surface area (Å²) in [5.41, 5.74) is 2.93. The molecule has 0 aliphatic carbocycles. The maximum atomic E-state index is 5.53. The second kappa shape index (κ2) is 3.64. The third-order valence-corrected chi connectivity index (χ3v) is 2.56. The van der Waals surface area contributed by atoms with Crippen LogP contribution in [0.1, 0.15) is 39.3 Å². The van der Waals surface area contributed by atoms with Crippen molar-refractivity contribution in [2.45, 2.75) is 40.0 Å². The number of rotatable bonds is 0. The third-order valence-electron chi connectivity index (χ3n) is 2.56. The molecule has 78 valence electrons. The summed E-state index contributed by atoms with van der Waals surface area (Å²) in [6.07, 6.45) is 1.07. The SMILES string of the molecule is C.CC(C)(C)c1ccc2c(c1)OCC2. The molecule has 0 atom stereocenters. The fourth-order valence-corrected chi connectivity index (χ4v) is 1.63. The number of benzene rings is 1. The Bertz CT molecular complexity index is 320. The summed E-state index contributed by atoms with van der Waals surface area (Å²) in [7, 11) is 0. The Morgan fingerprint density at radius 1 is 1.21 bits per heavy atom. The lowest BCUT2D eigenvalue weighted by Crippen LogP contribution is -2.10.